The van der Waals surface area contributed by atoms with Gasteiger partial charge in [0.15, 0.2) is 5.78 Å². The molecule has 5 heteroatoms. The van der Waals surface area contributed by atoms with E-state index < -0.39 is 5.91 Å². The van der Waals surface area contributed by atoms with Gasteiger partial charge in [-0.25, -0.2) is 0 Å². The number of para-hydroxylation sites is 1. The number of benzene rings is 2. The Kier molecular flexibility index (Phi) is 4.67. The standard InChI is InChI=1S/C14H12N2O2.ClH/c15-12-10(7-4-8-11(12)14(16)18)13(17)9-5-2-1-3-6-9;/h1-8H,15H2,(H2,16,18);1H. The highest BCUT2D eigenvalue weighted by Crippen LogP contribution is 2.20. The summed E-state index contributed by atoms with van der Waals surface area (Å²) in [5.74, 6) is -0.869. The summed E-state index contributed by atoms with van der Waals surface area (Å²) in [6.07, 6.45) is 0. The van der Waals surface area contributed by atoms with Gasteiger partial charge in [0, 0.05) is 11.1 Å². The van der Waals surface area contributed by atoms with Crippen molar-refractivity contribution in [3.05, 3.63) is 65.2 Å². The van der Waals surface area contributed by atoms with E-state index in [1.165, 1.54) is 6.07 Å². The van der Waals surface area contributed by atoms with Crippen molar-refractivity contribution in [2.24, 2.45) is 5.73 Å². The minimum atomic E-state index is -0.643. The van der Waals surface area contributed by atoms with E-state index >= 15 is 0 Å². The quantitative estimate of drug-likeness (QED) is 0.664. The third-order valence-corrected chi connectivity index (χ3v) is 2.65. The summed E-state index contributed by atoms with van der Waals surface area (Å²) in [6, 6.07) is 13.4. The molecule has 0 radical (unpaired) electrons. The molecule has 98 valence electrons. The van der Waals surface area contributed by atoms with Crippen molar-refractivity contribution in [3.8, 4) is 0 Å². The predicted molar refractivity (Wildman–Crippen MR) is 76.5 cm³/mol. The lowest BCUT2D eigenvalue weighted by Gasteiger charge is -2.07. The van der Waals surface area contributed by atoms with E-state index in [2.05, 4.69) is 0 Å². The van der Waals surface area contributed by atoms with Crippen LogP contribution >= 0.6 is 12.4 Å². The Balaban J connectivity index is 0.00000180. The summed E-state index contributed by atoms with van der Waals surface area (Å²) in [5, 5.41) is 0. The Labute approximate surface area is 116 Å². The molecule has 0 saturated heterocycles. The maximum absolute atomic E-state index is 12.2. The van der Waals surface area contributed by atoms with Gasteiger partial charge in [-0.1, -0.05) is 36.4 Å². The first-order valence-electron chi connectivity index (χ1n) is 5.39. The van der Waals surface area contributed by atoms with Crippen molar-refractivity contribution in [2.75, 3.05) is 5.73 Å². The van der Waals surface area contributed by atoms with Gasteiger partial charge in [-0.15, -0.1) is 12.4 Å². The zero-order valence-corrected chi connectivity index (χ0v) is 10.8. The molecule has 0 saturated carbocycles. The van der Waals surface area contributed by atoms with E-state index in [1.807, 2.05) is 6.07 Å². The van der Waals surface area contributed by atoms with Crippen LogP contribution in [-0.2, 0) is 0 Å². The van der Waals surface area contributed by atoms with Crippen molar-refractivity contribution in [3.63, 3.8) is 0 Å². The van der Waals surface area contributed by atoms with Gasteiger partial charge in [0.05, 0.1) is 11.3 Å². The number of hydrogen-bond acceptors (Lipinski definition) is 3. The third kappa shape index (κ3) is 2.92. The average molecular weight is 277 g/mol. The molecule has 0 bridgehead atoms. The van der Waals surface area contributed by atoms with E-state index in [0.29, 0.717) is 5.56 Å². The lowest BCUT2D eigenvalue weighted by molar-refractivity contribution is 0.100. The fourth-order valence-electron chi connectivity index (χ4n) is 1.72. The molecular weight excluding hydrogens is 264 g/mol. The highest BCUT2D eigenvalue weighted by molar-refractivity contribution is 6.14. The summed E-state index contributed by atoms with van der Waals surface area (Å²) in [4.78, 5) is 23.4. The van der Waals surface area contributed by atoms with E-state index in [4.69, 9.17) is 11.5 Å². The largest absolute Gasteiger partial charge is 0.397 e. The Morgan fingerprint density at radius 1 is 0.842 bits per heavy atom. The van der Waals surface area contributed by atoms with E-state index in [1.54, 1.807) is 36.4 Å². The molecule has 2 rings (SSSR count). The molecule has 2 aromatic carbocycles. The van der Waals surface area contributed by atoms with E-state index in [9.17, 15) is 9.59 Å². The molecule has 0 spiro atoms. The number of rotatable bonds is 3. The van der Waals surface area contributed by atoms with Crippen LogP contribution in [-0.4, -0.2) is 11.7 Å². The number of nitrogen functional groups attached to an aromatic ring is 1. The van der Waals surface area contributed by atoms with Crippen LogP contribution in [0.15, 0.2) is 48.5 Å². The van der Waals surface area contributed by atoms with Gasteiger partial charge >= 0.3 is 0 Å². The summed E-state index contributed by atoms with van der Waals surface area (Å²) < 4.78 is 0. The summed E-state index contributed by atoms with van der Waals surface area (Å²) >= 11 is 0. The second-order valence-corrected chi connectivity index (χ2v) is 3.83. The molecule has 0 aliphatic rings. The molecule has 0 atom stereocenters. The van der Waals surface area contributed by atoms with Gasteiger partial charge in [0.25, 0.3) is 5.91 Å². The SMILES string of the molecule is Cl.NC(=O)c1cccc(C(=O)c2ccccc2)c1N. The first-order valence-corrected chi connectivity index (χ1v) is 5.39. The summed E-state index contributed by atoms with van der Waals surface area (Å²) in [6.45, 7) is 0. The molecule has 0 unspecified atom stereocenters. The minimum absolute atomic E-state index is 0. The topological polar surface area (TPSA) is 86.2 Å². The number of anilines is 1. The second kappa shape index (κ2) is 6.02. The van der Waals surface area contributed by atoms with Crippen LogP contribution in [0.3, 0.4) is 0 Å². The number of amides is 1. The van der Waals surface area contributed by atoms with E-state index in [0.717, 1.165) is 0 Å². The maximum Gasteiger partial charge on any atom is 0.250 e. The Morgan fingerprint density at radius 2 is 1.42 bits per heavy atom. The highest BCUT2D eigenvalue weighted by atomic mass is 35.5. The monoisotopic (exact) mass is 276 g/mol. The lowest BCUT2D eigenvalue weighted by Crippen LogP contribution is -2.16. The number of carbonyl (C=O) groups excluding carboxylic acids is 2. The zero-order chi connectivity index (χ0) is 13.1. The molecule has 2 aromatic rings. The molecule has 0 aliphatic carbocycles. The third-order valence-electron chi connectivity index (χ3n) is 2.65. The first-order chi connectivity index (χ1) is 8.61. The van der Waals surface area contributed by atoms with Crippen LogP contribution in [0.1, 0.15) is 26.3 Å². The Morgan fingerprint density at radius 3 is 2.00 bits per heavy atom. The van der Waals surface area contributed by atoms with Crippen molar-refractivity contribution in [2.45, 2.75) is 0 Å². The number of carbonyl (C=O) groups is 2. The summed E-state index contributed by atoms with van der Waals surface area (Å²) in [7, 11) is 0. The molecule has 0 fully saturated rings. The van der Waals surface area contributed by atoms with Crippen LogP contribution in [0, 0.1) is 0 Å². The highest BCUT2D eigenvalue weighted by Gasteiger charge is 2.16. The first kappa shape index (κ1) is 14.7. The fourth-order valence-corrected chi connectivity index (χ4v) is 1.72. The average Bonchev–Trinajstić information content (AvgIpc) is 2.39. The van der Waals surface area contributed by atoms with E-state index in [-0.39, 0.29) is 35.0 Å². The van der Waals surface area contributed by atoms with Crippen LogP contribution in [0.4, 0.5) is 5.69 Å². The molecule has 4 N–H and O–H groups in total. The second-order valence-electron chi connectivity index (χ2n) is 3.83. The normalized spacial score (nSPS) is 9.47. The molecule has 4 nitrogen and oxygen atoms in total. The smallest absolute Gasteiger partial charge is 0.250 e. The van der Waals surface area contributed by atoms with Gasteiger partial charge in [0.2, 0.25) is 0 Å². The van der Waals surface area contributed by atoms with Crippen molar-refractivity contribution in [1.82, 2.24) is 0 Å². The van der Waals surface area contributed by atoms with Crippen molar-refractivity contribution >= 4 is 29.8 Å². The number of halogens is 1. The lowest BCUT2D eigenvalue weighted by atomic mass is 9.99. The van der Waals surface area contributed by atoms with Crippen molar-refractivity contribution < 1.29 is 9.59 Å². The number of hydrogen-bond donors (Lipinski definition) is 2. The minimum Gasteiger partial charge on any atom is -0.397 e. The molecule has 0 aromatic heterocycles. The molecule has 0 heterocycles. The van der Waals surface area contributed by atoms with Crippen LogP contribution < -0.4 is 11.5 Å². The van der Waals surface area contributed by atoms with Gasteiger partial charge in [-0.3, -0.25) is 9.59 Å². The van der Waals surface area contributed by atoms with Crippen LogP contribution in [0.25, 0.3) is 0 Å². The summed E-state index contributed by atoms with van der Waals surface area (Å²) in [5.41, 5.74) is 12.1. The van der Waals surface area contributed by atoms with Crippen LogP contribution in [0.5, 0.6) is 0 Å². The molecule has 0 aliphatic heterocycles. The van der Waals surface area contributed by atoms with Gasteiger partial charge < -0.3 is 11.5 Å². The fraction of sp³-hybridized carbons (Fsp3) is 0. The molecule has 1 amide bonds. The predicted octanol–water partition coefficient (Wildman–Crippen LogP) is 2.02. The number of ketones is 1. The van der Waals surface area contributed by atoms with Crippen LogP contribution in [0.2, 0.25) is 0 Å². The molecular formula is C14H13ClN2O2. The van der Waals surface area contributed by atoms with Crippen molar-refractivity contribution in [1.29, 1.82) is 0 Å². The molecule has 19 heavy (non-hydrogen) atoms. The van der Waals surface area contributed by atoms with Gasteiger partial charge in [-0.2, -0.15) is 0 Å². The maximum atomic E-state index is 12.2. The number of primary amides is 1. The Bertz CT molecular complexity index is 612. The van der Waals surface area contributed by atoms with Gasteiger partial charge in [-0.05, 0) is 12.1 Å². The van der Waals surface area contributed by atoms with Gasteiger partial charge in [0.1, 0.15) is 0 Å². The number of nitrogens with two attached hydrogens (primary N) is 2. The zero-order valence-electron chi connectivity index (χ0n) is 10.00. The Hall–Kier alpha value is -2.33.